The molecule has 1 aromatic heterocycles. The van der Waals surface area contributed by atoms with Gasteiger partial charge in [-0.2, -0.15) is 5.10 Å². The first-order valence-corrected chi connectivity index (χ1v) is 7.31. The molecule has 2 heterocycles. The second-order valence-corrected chi connectivity index (χ2v) is 5.44. The highest BCUT2D eigenvalue weighted by atomic mass is 16.5. The topological polar surface area (TPSA) is 44.1 Å². The maximum atomic E-state index is 12.3. The van der Waals surface area contributed by atoms with Crippen LogP contribution in [-0.2, 0) is 22.5 Å². The van der Waals surface area contributed by atoms with E-state index in [1.54, 1.807) is 0 Å². The molecule has 1 aromatic carbocycles. The third-order valence-electron chi connectivity index (χ3n) is 3.97. The van der Waals surface area contributed by atoms with Crippen LogP contribution in [0.2, 0.25) is 0 Å². The van der Waals surface area contributed by atoms with Crippen LogP contribution in [0.4, 0.5) is 0 Å². The zero-order valence-corrected chi connectivity index (χ0v) is 12.0. The van der Waals surface area contributed by atoms with E-state index in [0.29, 0.717) is 6.42 Å². The average molecular weight is 272 g/mol. The molecule has 0 spiro atoms. The molecule has 0 N–H and O–H groups in total. The number of carbonyl (C=O) groups is 1. The minimum Gasteiger partial charge on any atom is -0.367 e. The van der Waals surface area contributed by atoms with Crippen molar-refractivity contribution >= 4 is 16.7 Å². The SMILES string of the molecule is CCn1nc(CC(=O)C2CCC(C)O2)c2ccccc21. The van der Waals surface area contributed by atoms with E-state index in [1.807, 2.05) is 35.9 Å². The number of aromatic nitrogens is 2. The molecule has 106 valence electrons. The van der Waals surface area contributed by atoms with Crippen molar-refractivity contribution in [3.8, 4) is 0 Å². The first-order valence-electron chi connectivity index (χ1n) is 7.31. The minimum atomic E-state index is -0.240. The monoisotopic (exact) mass is 272 g/mol. The predicted octanol–water partition coefficient (Wildman–Crippen LogP) is 2.74. The fourth-order valence-electron chi connectivity index (χ4n) is 2.89. The zero-order chi connectivity index (χ0) is 14.1. The molecule has 1 fully saturated rings. The summed E-state index contributed by atoms with van der Waals surface area (Å²) in [5.41, 5.74) is 1.97. The average Bonchev–Trinajstić information content (AvgIpc) is 3.03. The number of Topliss-reactive ketones (excluding diaryl/α,β-unsaturated/α-hetero) is 1. The van der Waals surface area contributed by atoms with Crippen molar-refractivity contribution in [1.29, 1.82) is 0 Å². The van der Waals surface area contributed by atoms with Gasteiger partial charge in [-0.25, -0.2) is 0 Å². The number of ketones is 1. The highest BCUT2D eigenvalue weighted by molar-refractivity contribution is 5.90. The molecule has 4 nitrogen and oxygen atoms in total. The fraction of sp³-hybridized carbons (Fsp3) is 0.500. The number of fused-ring (bicyclic) bond motifs is 1. The largest absolute Gasteiger partial charge is 0.367 e. The van der Waals surface area contributed by atoms with Gasteiger partial charge >= 0.3 is 0 Å². The number of rotatable bonds is 4. The Balaban J connectivity index is 1.85. The Bertz CT molecular complexity index is 632. The minimum absolute atomic E-state index is 0.154. The van der Waals surface area contributed by atoms with E-state index in [0.717, 1.165) is 36.0 Å². The molecule has 0 bridgehead atoms. The van der Waals surface area contributed by atoms with Crippen LogP contribution in [0.1, 0.15) is 32.4 Å². The lowest BCUT2D eigenvalue weighted by Crippen LogP contribution is -2.22. The first kappa shape index (κ1) is 13.3. The Labute approximate surface area is 118 Å². The molecule has 2 aromatic rings. The van der Waals surface area contributed by atoms with Crippen molar-refractivity contribution in [2.24, 2.45) is 0 Å². The van der Waals surface area contributed by atoms with Crippen molar-refractivity contribution in [3.63, 3.8) is 0 Å². The lowest BCUT2D eigenvalue weighted by molar-refractivity contribution is -0.128. The maximum absolute atomic E-state index is 12.3. The molecule has 4 heteroatoms. The first-order chi connectivity index (χ1) is 9.69. The van der Waals surface area contributed by atoms with Gasteiger partial charge in [0, 0.05) is 11.9 Å². The maximum Gasteiger partial charge on any atom is 0.167 e. The van der Waals surface area contributed by atoms with Crippen molar-refractivity contribution in [3.05, 3.63) is 30.0 Å². The van der Waals surface area contributed by atoms with Gasteiger partial charge in [0.2, 0.25) is 0 Å². The van der Waals surface area contributed by atoms with Crippen LogP contribution in [0, 0.1) is 0 Å². The number of aryl methyl sites for hydroxylation is 1. The Hall–Kier alpha value is -1.68. The zero-order valence-electron chi connectivity index (χ0n) is 12.0. The number of benzene rings is 1. The van der Waals surface area contributed by atoms with Gasteiger partial charge < -0.3 is 4.74 Å². The van der Waals surface area contributed by atoms with Crippen LogP contribution in [0.15, 0.2) is 24.3 Å². The predicted molar refractivity (Wildman–Crippen MR) is 77.7 cm³/mol. The van der Waals surface area contributed by atoms with Crippen LogP contribution in [-0.4, -0.2) is 27.8 Å². The van der Waals surface area contributed by atoms with Crippen LogP contribution < -0.4 is 0 Å². The van der Waals surface area contributed by atoms with Crippen LogP contribution in [0.3, 0.4) is 0 Å². The van der Waals surface area contributed by atoms with Crippen molar-refractivity contribution in [2.75, 3.05) is 0 Å². The van der Waals surface area contributed by atoms with Gasteiger partial charge in [-0.15, -0.1) is 0 Å². The van der Waals surface area contributed by atoms with Crippen LogP contribution in [0.5, 0.6) is 0 Å². The van der Waals surface area contributed by atoms with Gasteiger partial charge in [0.05, 0.1) is 23.7 Å². The van der Waals surface area contributed by atoms with Crippen molar-refractivity contribution < 1.29 is 9.53 Å². The molecular formula is C16H20N2O2. The molecule has 2 atom stereocenters. The van der Waals surface area contributed by atoms with Gasteiger partial charge in [0.1, 0.15) is 6.10 Å². The summed E-state index contributed by atoms with van der Waals surface area (Å²) in [5, 5.41) is 5.66. The molecule has 3 rings (SSSR count). The van der Waals surface area contributed by atoms with E-state index < -0.39 is 0 Å². The molecule has 20 heavy (non-hydrogen) atoms. The summed E-state index contributed by atoms with van der Waals surface area (Å²) in [7, 11) is 0. The quantitative estimate of drug-likeness (QED) is 0.859. The van der Waals surface area contributed by atoms with E-state index in [9.17, 15) is 4.79 Å². The summed E-state index contributed by atoms with van der Waals surface area (Å²) >= 11 is 0. The van der Waals surface area contributed by atoms with Gasteiger partial charge in [-0.3, -0.25) is 9.48 Å². The molecule has 1 saturated heterocycles. The van der Waals surface area contributed by atoms with Gasteiger partial charge in [-0.1, -0.05) is 18.2 Å². The summed E-state index contributed by atoms with van der Waals surface area (Å²) in [6.45, 7) is 4.90. The number of carbonyl (C=O) groups excluding carboxylic acids is 1. The number of ether oxygens (including phenoxy) is 1. The third kappa shape index (κ3) is 2.36. The van der Waals surface area contributed by atoms with E-state index in [4.69, 9.17) is 4.74 Å². The van der Waals surface area contributed by atoms with Crippen LogP contribution in [0.25, 0.3) is 10.9 Å². The van der Waals surface area contributed by atoms with Crippen molar-refractivity contribution in [2.45, 2.75) is 51.9 Å². The van der Waals surface area contributed by atoms with Crippen LogP contribution >= 0.6 is 0 Å². The molecule has 0 radical (unpaired) electrons. The molecule has 2 unspecified atom stereocenters. The van der Waals surface area contributed by atoms with Gasteiger partial charge in [0.25, 0.3) is 0 Å². The second kappa shape index (κ2) is 5.37. The molecule has 0 amide bonds. The van der Waals surface area contributed by atoms with Crippen molar-refractivity contribution in [1.82, 2.24) is 9.78 Å². The third-order valence-corrected chi connectivity index (χ3v) is 3.97. The number of nitrogens with zero attached hydrogens (tertiary/aromatic N) is 2. The molecule has 1 aliphatic rings. The highest BCUT2D eigenvalue weighted by Crippen LogP contribution is 2.23. The number of para-hydroxylation sites is 1. The Kier molecular flexibility index (Phi) is 3.57. The lowest BCUT2D eigenvalue weighted by atomic mass is 10.1. The normalized spacial score (nSPS) is 22.5. The van der Waals surface area contributed by atoms with Gasteiger partial charge in [-0.05, 0) is 32.8 Å². The van der Waals surface area contributed by atoms with E-state index >= 15 is 0 Å². The summed E-state index contributed by atoms with van der Waals surface area (Å²) in [4.78, 5) is 12.3. The molecule has 1 aliphatic heterocycles. The molecule has 0 aliphatic carbocycles. The summed E-state index contributed by atoms with van der Waals surface area (Å²) in [6, 6.07) is 8.08. The standard InChI is InChI=1S/C16H20N2O2/c1-3-18-14-7-5-4-6-12(14)13(17-18)10-15(19)16-9-8-11(2)20-16/h4-7,11,16H,3,8-10H2,1-2H3. The second-order valence-electron chi connectivity index (χ2n) is 5.44. The highest BCUT2D eigenvalue weighted by Gasteiger charge is 2.28. The Morgan fingerprint density at radius 3 is 2.90 bits per heavy atom. The number of hydrogen-bond acceptors (Lipinski definition) is 3. The number of hydrogen-bond donors (Lipinski definition) is 0. The Morgan fingerprint density at radius 2 is 2.20 bits per heavy atom. The summed E-state index contributed by atoms with van der Waals surface area (Å²) in [5.74, 6) is 0.154. The lowest BCUT2D eigenvalue weighted by Gasteiger charge is -2.08. The summed E-state index contributed by atoms with van der Waals surface area (Å²) in [6.07, 6.45) is 2.14. The Morgan fingerprint density at radius 1 is 1.40 bits per heavy atom. The smallest absolute Gasteiger partial charge is 0.167 e. The van der Waals surface area contributed by atoms with E-state index in [1.165, 1.54) is 0 Å². The van der Waals surface area contributed by atoms with E-state index in [2.05, 4.69) is 12.0 Å². The van der Waals surface area contributed by atoms with E-state index in [-0.39, 0.29) is 18.0 Å². The molecule has 0 saturated carbocycles. The molecular weight excluding hydrogens is 252 g/mol. The van der Waals surface area contributed by atoms with Gasteiger partial charge in [0.15, 0.2) is 5.78 Å². The fourth-order valence-corrected chi connectivity index (χ4v) is 2.89. The summed E-state index contributed by atoms with van der Waals surface area (Å²) < 4.78 is 7.61.